The first-order chi connectivity index (χ1) is 11.1. The lowest BCUT2D eigenvalue weighted by Gasteiger charge is -2.27. The number of aromatic hydroxyl groups is 1. The Balaban J connectivity index is 2.43. The minimum Gasteiger partial charge on any atom is -0.504 e. The van der Waals surface area contributed by atoms with Crippen LogP contribution in [0.2, 0.25) is 0 Å². The first-order valence-electron chi connectivity index (χ1n) is 7.49. The third-order valence-corrected chi connectivity index (χ3v) is 5.31. The van der Waals surface area contributed by atoms with E-state index in [-0.39, 0.29) is 24.7 Å². The largest absolute Gasteiger partial charge is 0.504 e. The van der Waals surface area contributed by atoms with E-state index in [4.69, 9.17) is 13.8 Å². The molecule has 1 N–H and O–H groups in total. The molecule has 0 aliphatic heterocycles. The third kappa shape index (κ3) is 4.35. The molecule has 6 heteroatoms. The second kappa shape index (κ2) is 8.16. The fourth-order valence-corrected chi connectivity index (χ4v) is 3.99. The highest BCUT2D eigenvalue weighted by molar-refractivity contribution is 7.54. The standard InChI is InChI=1S/C17H21O5P/c1-3-20-23(19,21-4-2)17(14-10-6-5-7-11-14)22-16-13-9-8-12-15(16)18/h5-13,17-18H,3-4H2,1-2H3. The van der Waals surface area contributed by atoms with Crippen molar-refractivity contribution in [1.29, 1.82) is 0 Å². The van der Waals surface area contributed by atoms with Gasteiger partial charge in [0.1, 0.15) is 0 Å². The Bertz CT molecular complexity index is 649. The molecule has 2 rings (SSSR count). The summed E-state index contributed by atoms with van der Waals surface area (Å²) in [7, 11) is -3.57. The summed E-state index contributed by atoms with van der Waals surface area (Å²) < 4.78 is 29.9. The number of hydrogen-bond donors (Lipinski definition) is 1. The zero-order valence-electron chi connectivity index (χ0n) is 13.2. The Morgan fingerprint density at radius 2 is 1.52 bits per heavy atom. The van der Waals surface area contributed by atoms with Crippen LogP contribution in [0.15, 0.2) is 54.6 Å². The minimum absolute atomic E-state index is 0.0343. The van der Waals surface area contributed by atoms with Gasteiger partial charge in [-0.3, -0.25) is 4.57 Å². The van der Waals surface area contributed by atoms with E-state index in [9.17, 15) is 9.67 Å². The lowest BCUT2D eigenvalue weighted by atomic mass is 10.2. The summed E-state index contributed by atoms with van der Waals surface area (Å²) in [5.41, 5.74) is 0.654. The molecule has 0 aliphatic carbocycles. The molecule has 124 valence electrons. The van der Waals surface area contributed by atoms with Gasteiger partial charge < -0.3 is 18.9 Å². The molecule has 2 aromatic carbocycles. The van der Waals surface area contributed by atoms with E-state index in [1.165, 1.54) is 6.07 Å². The number of ether oxygens (including phenoxy) is 1. The smallest absolute Gasteiger partial charge is 0.375 e. The van der Waals surface area contributed by atoms with Crippen molar-refractivity contribution in [3.05, 3.63) is 60.2 Å². The fourth-order valence-electron chi connectivity index (χ4n) is 2.14. The van der Waals surface area contributed by atoms with Crippen molar-refractivity contribution in [3.63, 3.8) is 0 Å². The van der Waals surface area contributed by atoms with Crippen molar-refractivity contribution in [3.8, 4) is 11.5 Å². The first kappa shape index (κ1) is 17.5. The maximum absolute atomic E-state index is 13.2. The lowest BCUT2D eigenvalue weighted by Crippen LogP contribution is -2.13. The Morgan fingerprint density at radius 1 is 0.957 bits per heavy atom. The molecular formula is C17H21O5P. The molecule has 0 aromatic heterocycles. The van der Waals surface area contributed by atoms with Gasteiger partial charge in [0.2, 0.25) is 5.85 Å². The van der Waals surface area contributed by atoms with Gasteiger partial charge in [0.15, 0.2) is 11.5 Å². The summed E-state index contributed by atoms with van der Waals surface area (Å²) in [6.07, 6.45) is 0. The molecule has 0 saturated carbocycles. The van der Waals surface area contributed by atoms with Crippen LogP contribution >= 0.6 is 7.60 Å². The predicted octanol–water partition coefficient (Wildman–Crippen LogP) is 4.74. The number of phenols is 1. The topological polar surface area (TPSA) is 65.0 Å². The molecule has 0 bridgehead atoms. The van der Waals surface area contributed by atoms with Gasteiger partial charge in [-0.15, -0.1) is 0 Å². The number of rotatable bonds is 8. The number of benzene rings is 2. The summed E-state index contributed by atoms with van der Waals surface area (Å²) in [5.74, 6) is -0.772. The van der Waals surface area contributed by atoms with Gasteiger partial charge in [0.05, 0.1) is 13.2 Å². The molecule has 23 heavy (non-hydrogen) atoms. The van der Waals surface area contributed by atoms with Gasteiger partial charge in [-0.1, -0.05) is 42.5 Å². The average Bonchev–Trinajstić information content (AvgIpc) is 2.55. The predicted molar refractivity (Wildman–Crippen MR) is 88.8 cm³/mol. The van der Waals surface area contributed by atoms with Crippen molar-refractivity contribution in [2.75, 3.05) is 13.2 Å². The summed E-state index contributed by atoms with van der Waals surface area (Å²) in [6.45, 7) is 3.94. The van der Waals surface area contributed by atoms with Crippen molar-refractivity contribution in [1.82, 2.24) is 0 Å². The van der Waals surface area contributed by atoms with E-state index >= 15 is 0 Å². The second-order valence-corrected chi connectivity index (χ2v) is 6.79. The molecular weight excluding hydrogens is 315 g/mol. The van der Waals surface area contributed by atoms with E-state index in [0.29, 0.717) is 5.56 Å². The van der Waals surface area contributed by atoms with Crippen LogP contribution < -0.4 is 4.74 Å². The molecule has 0 spiro atoms. The Hall–Kier alpha value is -1.81. The van der Waals surface area contributed by atoms with Gasteiger partial charge in [-0.2, -0.15) is 0 Å². The minimum atomic E-state index is -3.57. The average molecular weight is 336 g/mol. The highest BCUT2D eigenvalue weighted by Gasteiger charge is 2.39. The Morgan fingerprint density at radius 3 is 2.09 bits per heavy atom. The summed E-state index contributed by atoms with van der Waals surface area (Å²) in [4.78, 5) is 0. The van der Waals surface area contributed by atoms with Gasteiger partial charge in [-0.05, 0) is 26.0 Å². The Kier molecular flexibility index (Phi) is 6.22. The van der Waals surface area contributed by atoms with E-state index in [0.717, 1.165) is 0 Å². The van der Waals surface area contributed by atoms with Crippen molar-refractivity contribution >= 4 is 7.60 Å². The molecule has 0 saturated heterocycles. The highest BCUT2D eigenvalue weighted by atomic mass is 31.2. The zero-order valence-corrected chi connectivity index (χ0v) is 14.1. The second-order valence-electron chi connectivity index (χ2n) is 4.72. The quantitative estimate of drug-likeness (QED) is 0.706. The van der Waals surface area contributed by atoms with Crippen LogP contribution in [-0.2, 0) is 13.6 Å². The van der Waals surface area contributed by atoms with Crippen LogP contribution in [-0.4, -0.2) is 18.3 Å². The third-order valence-electron chi connectivity index (χ3n) is 3.09. The molecule has 2 aromatic rings. The van der Waals surface area contributed by atoms with Gasteiger partial charge in [-0.25, -0.2) is 0 Å². The van der Waals surface area contributed by atoms with E-state index < -0.39 is 13.4 Å². The summed E-state index contributed by atoms with van der Waals surface area (Å²) >= 11 is 0. The maximum atomic E-state index is 13.2. The van der Waals surface area contributed by atoms with E-state index in [2.05, 4.69) is 0 Å². The molecule has 0 fully saturated rings. The molecule has 0 amide bonds. The monoisotopic (exact) mass is 336 g/mol. The maximum Gasteiger partial charge on any atom is 0.375 e. The van der Waals surface area contributed by atoms with Crippen molar-refractivity contribution in [2.24, 2.45) is 0 Å². The van der Waals surface area contributed by atoms with E-state index in [1.54, 1.807) is 44.2 Å². The SMILES string of the molecule is CCOP(=O)(OCC)C(Oc1ccccc1O)c1ccccc1. The van der Waals surface area contributed by atoms with Crippen LogP contribution in [0, 0.1) is 0 Å². The molecule has 1 unspecified atom stereocenters. The Labute approximate surface area is 136 Å². The van der Waals surface area contributed by atoms with Crippen LogP contribution in [0.4, 0.5) is 0 Å². The molecule has 1 atom stereocenters. The number of hydrogen-bond acceptors (Lipinski definition) is 5. The zero-order chi connectivity index (χ0) is 16.7. The molecule has 5 nitrogen and oxygen atoms in total. The molecule has 0 aliphatic rings. The van der Waals surface area contributed by atoms with Crippen LogP contribution in [0.25, 0.3) is 0 Å². The van der Waals surface area contributed by atoms with Crippen molar-refractivity contribution in [2.45, 2.75) is 19.7 Å². The summed E-state index contributed by atoms with van der Waals surface area (Å²) in [5, 5.41) is 9.94. The van der Waals surface area contributed by atoms with Crippen LogP contribution in [0.5, 0.6) is 11.5 Å². The van der Waals surface area contributed by atoms with E-state index in [1.807, 2.05) is 18.2 Å². The van der Waals surface area contributed by atoms with Crippen molar-refractivity contribution < 1.29 is 23.5 Å². The van der Waals surface area contributed by atoms with Crippen LogP contribution in [0.3, 0.4) is 0 Å². The first-order valence-corrected chi connectivity index (χ1v) is 9.10. The van der Waals surface area contributed by atoms with Crippen LogP contribution in [0.1, 0.15) is 25.3 Å². The number of para-hydroxylation sites is 2. The highest BCUT2D eigenvalue weighted by Crippen LogP contribution is 2.61. The van der Waals surface area contributed by atoms with Gasteiger partial charge in [0, 0.05) is 5.56 Å². The normalized spacial score (nSPS) is 12.8. The number of phenolic OH excluding ortho intramolecular Hbond substituents is 1. The fraction of sp³-hybridized carbons (Fsp3) is 0.294. The van der Waals surface area contributed by atoms with Gasteiger partial charge >= 0.3 is 7.60 Å². The lowest BCUT2D eigenvalue weighted by molar-refractivity contribution is 0.159. The van der Waals surface area contributed by atoms with Gasteiger partial charge in [0.25, 0.3) is 0 Å². The summed E-state index contributed by atoms with van der Waals surface area (Å²) in [6, 6.07) is 15.6. The molecule has 0 heterocycles. The molecule has 0 radical (unpaired) electrons.